The monoisotopic (exact) mass is 373 g/mol. The molecule has 2 aliphatic rings. The van der Waals surface area contributed by atoms with Crippen molar-refractivity contribution in [3.8, 4) is 0 Å². The van der Waals surface area contributed by atoms with Crippen molar-refractivity contribution in [3.05, 3.63) is 35.4 Å². The lowest BCUT2D eigenvalue weighted by Gasteiger charge is -2.35. The Morgan fingerprint density at radius 3 is 2.19 bits per heavy atom. The van der Waals surface area contributed by atoms with E-state index in [0.29, 0.717) is 52.2 Å². The zero-order valence-electron chi connectivity index (χ0n) is 16.0. The van der Waals surface area contributed by atoms with Crippen LogP contribution in [0, 0.1) is 12.3 Å². The van der Waals surface area contributed by atoms with Gasteiger partial charge in [-0.2, -0.15) is 0 Å². The molecule has 146 valence electrons. The fourth-order valence-corrected chi connectivity index (χ4v) is 3.33. The van der Waals surface area contributed by atoms with Crippen LogP contribution in [-0.2, 0) is 20.9 Å². The van der Waals surface area contributed by atoms with Crippen LogP contribution in [0.3, 0.4) is 0 Å². The van der Waals surface area contributed by atoms with Crippen LogP contribution >= 0.6 is 0 Å². The summed E-state index contributed by atoms with van der Waals surface area (Å²) in [6.45, 7) is 6.28. The molecule has 1 saturated carbocycles. The van der Waals surface area contributed by atoms with E-state index in [1.54, 1.807) is 16.7 Å². The molecule has 1 heterocycles. The topological polar surface area (TPSA) is 79.0 Å². The first kappa shape index (κ1) is 19.2. The van der Waals surface area contributed by atoms with E-state index >= 15 is 0 Å². The second-order valence-corrected chi connectivity index (χ2v) is 7.23. The highest BCUT2D eigenvalue weighted by Gasteiger charge is 2.58. The van der Waals surface area contributed by atoms with E-state index in [0.717, 1.165) is 5.56 Å². The molecule has 27 heavy (non-hydrogen) atoms. The molecular formula is C20H27N3O4. The fraction of sp³-hybridized carbons (Fsp3) is 0.550. The zero-order chi connectivity index (χ0) is 19.4. The van der Waals surface area contributed by atoms with Gasteiger partial charge in [0.1, 0.15) is 5.41 Å². The molecule has 0 aromatic heterocycles. The summed E-state index contributed by atoms with van der Waals surface area (Å²) in [7, 11) is 0. The molecule has 1 N–H and O–H groups in total. The van der Waals surface area contributed by atoms with Crippen LogP contribution in [0.2, 0.25) is 0 Å². The number of carbonyl (C=O) groups is 3. The summed E-state index contributed by atoms with van der Waals surface area (Å²) in [6, 6.07) is 7.96. The third-order valence-electron chi connectivity index (χ3n) is 5.26. The number of rotatable bonds is 5. The molecule has 7 nitrogen and oxygen atoms in total. The Morgan fingerprint density at radius 1 is 1.04 bits per heavy atom. The lowest BCUT2D eigenvalue weighted by Crippen LogP contribution is -2.54. The van der Waals surface area contributed by atoms with Gasteiger partial charge in [0.2, 0.25) is 11.8 Å². The first-order valence-electron chi connectivity index (χ1n) is 9.51. The number of benzene rings is 1. The maximum Gasteiger partial charge on any atom is 0.409 e. The van der Waals surface area contributed by atoms with Crippen molar-refractivity contribution in [2.75, 3.05) is 32.8 Å². The molecule has 1 aliphatic heterocycles. The van der Waals surface area contributed by atoms with Crippen LogP contribution in [-0.4, -0.2) is 60.5 Å². The second-order valence-electron chi connectivity index (χ2n) is 7.23. The molecular weight excluding hydrogens is 346 g/mol. The zero-order valence-corrected chi connectivity index (χ0v) is 16.0. The molecule has 0 bridgehead atoms. The van der Waals surface area contributed by atoms with E-state index < -0.39 is 5.41 Å². The molecule has 1 saturated heterocycles. The highest BCUT2D eigenvalue weighted by atomic mass is 16.6. The van der Waals surface area contributed by atoms with Crippen LogP contribution in [0.15, 0.2) is 24.3 Å². The van der Waals surface area contributed by atoms with Crippen molar-refractivity contribution in [2.45, 2.75) is 33.2 Å². The van der Waals surface area contributed by atoms with E-state index in [1.165, 1.54) is 5.56 Å². The Hall–Kier alpha value is -2.57. The van der Waals surface area contributed by atoms with E-state index in [4.69, 9.17) is 4.74 Å². The lowest BCUT2D eigenvalue weighted by molar-refractivity contribution is -0.145. The van der Waals surface area contributed by atoms with E-state index in [2.05, 4.69) is 5.32 Å². The minimum Gasteiger partial charge on any atom is -0.450 e. The molecule has 0 unspecified atom stereocenters. The van der Waals surface area contributed by atoms with Gasteiger partial charge in [0.25, 0.3) is 0 Å². The summed E-state index contributed by atoms with van der Waals surface area (Å²) >= 11 is 0. The van der Waals surface area contributed by atoms with Gasteiger partial charge in [-0.05, 0) is 32.3 Å². The summed E-state index contributed by atoms with van der Waals surface area (Å²) in [4.78, 5) is 40.7. The van der Waals surface area contributed by atoms with Gasteiger partial charge in [-0.25, -0.2) is 4.79 Å². The Labute approximate surface area is 159 Å². The second kappa shape index (κ2) is 7.98. The minimum atomic E-state index is -0.920. The van der Waals surface area contributed by atoms with Crippen LogP contribution < -0.4 is 5.32 Å². The smallest absolute Gasteiger partial charge is 0.409 e. The number of piperazine rings is 1. The number of amides is 3. The Bertz CT molecular complexity index is 704. The van der Waals surface area contributed by atoms with Crippen molar-refractivity contribution in [2.24, 2.45) is 5.41 Å². The maximum atomic E-state index is 12.9. The van der Waals surface area contributed by atoms with Crippen molar-refractivity contribution in [3.63, 3.8) is 0 Å². The highest BCUT2D eigenvalue weighted by molar-refractivity contribution is 6.07. The molecule has 0 atom stereocenters. The van der Waals surface area contributed by atoms with Gasteiger partial charge in [-0.3, -0.25) is 9.59 Å². The number of carbonyl (C=O) groups excluding carboxylic acids is 3. The minimum absolute atomic E-state index is 0.118. The lowest BCUT2D eigenvalue weighted by atomic mass is 10.0. The molecule has 1 aliphatic carbocycles. The summed E-state index contributed by atoms with van der Waals surface area (Å²) in [5.74, 6) is -0.312. The van der Waals surface area contributed by atoms with Crippen LogP contribution in [0.5, 0.6) is 0 Å². The van der Waals surface area contributed by atoms with Crippen LogP contribution in [0.4, 0.5) is 4.79 Å². The standard InChI is InChI=1S/C20H27N3O4/c1-3-27-19(26)23-12-10-22(11-13-23)18(25)20(8-9-20)17(24)21-14-16-6-4-15(2)5-7-16/h4-7H,3,8-14H2,1-2H3,(H,21,24). The van der Waals surface area contributed by atoms with E-state index in [9.17, 15) is 14.4 Å². The number of nitrogens with zero attached hydrogens (tertiary/aromatic N) is 2. The van der Waals surface area contributed by atoms with Crippen molar-refractivity contribution in [1.29, 1.82) is 0 Å². The predicted molar refractivity (Wildman–Crippen MR) is 99.9 cm³/mol. The van der Waals surface area contributed by atoms with Gasteiger partial charge >= 0.3 is 6.09 Å². The van der Waals surface area contributed by atoms with Crippen molar-refractivity contribution >= 4 is 17.9 Å². The van der Waals surface area contributed by atoms with Gasteiger partial charge < -0.3 is 19.9 Å². The summed E-state index contributed by atoms with van der Waals surface area (Å²) in [5.41, 5.74) is 1.26. The molecule has 2 fully saturated rings. The van der Waals surface area contributed by atoms with Crippen molar-refractivity contribution in [1.82, 2.24) is 15.1 Å². The molecule has 7 heteroatoms. The number of hydrogen-bond acceptors (Lipinski definition) is 4. The number of aryl methyl sites for hydroxylation is 1. The molecule has 3 amide bonds. The largest absolute Gasteiger partial charge is 0.450 e. The Morgan fingerprint density at radius 2 is 1.63 bits per heavy atom. The molecule has 0 spiro atoms. The Kier molecular flexibility index (Phi) is 5.68. The van der Waals surface area contributed by atoms with E-state index in [1.807, 2.05) is 31.2 Å². The van der Waals surface area contributed by atoms with Crippen LogP contribution in [0.1, 0.15) is 30.9 Å². The average Bonchev–Trinajstić information content (AvgIpc) is 3.49. The number of hydrogen-bond donors (Lipinski definition) is 1. The maximum absolute atomic E-state index is 12.9. The van der Waals surface area contributed by atoms with Gasteiger partial charge in [0.05, 0.1) is 6.61 Å². The first-order valence-corrected chi connectivity index (χ1v) is 9.51. The highest BCUT2D eigenvalue weighted by Crippen LogP contribution is 2.47. The van der Waals surface area contributed by atoms with Gasteiger partial charge in [0, 0.05) is 32.7 Å². The number of nitrogens with one attached hydrogen (secondary N) is 1. The average molecular weight is 373 g/mol. The quantitative estimate of drug-likeness (QED) is 0.797. The molecule has 0 radical (unpaired) electrons. The first-order chi connectivity index (χ1) is 13.0. The summed E-state index contributed by atoms with van der Waals surface area (Å²) in [6.07, 6.45) is 0.828. The fourth-order valence-electron chi connectivity index (χ4n) is 3.33. The molecule has 1 aromatic carbocycles. The van der Waals surface area contributed by atoms with Gasteiger partial charge in [-0.1, -0.05) is 29.8 Å². The molecule has 1 aromatic rings. The summed E-state index contributed by atoms with van der Waals surface area (Å²) in [5, 5.41) is 2.91. The number of ether oxygens (including phenoxy) is 1. The van der Waals surface area contributed by atoms with E-state index in [-0.39, 0.29) is 17.9 Å². The molecule has 3 rings (SSSR count). The SMILES string of the molecule is CCOC(=O)N1CCN(C(=O)C2(C(=O)NCc3ccc(C)cc3)CC2)CC1. The van der Waals surface area contributed by atoms with Gasteiger partial charge in [0.15, 0.2) is 0 Å². The Balaban J connectivity index is 1.52. The predicted octanol–water partition coefficient (Wildman–Crippen LogP) is 1.69. The van der Waals surface area contributed by atoms with Crippen molar-refractivity contribution < 1.29 is 19.1 Å². The van der Waals surface area contributed by atoms with Crippen LogP contribution in [0.25, 0.3) is 0 Å². The van der Waals surface area contributed by atoms with Gasteiger partial charge in [-0.15, -0.1) is 0 Å². The third kappa shape index (κ3) is 4.23. The third-order valence-corrected chi connectivity index (χ3v) is 5.26. The normalized spacial score (nSPS) is 18.0. The summed E-state index contributed by atoms with van der Waals surface area (Å²) < 4.78 is 5.00.